The Bertz CT molecular complexity index is 1430. The summed E-state index contributed by atoms with van der Waals surface area (Å²) in [4.78, 5) is 24.9. The zero-order chi connectivity index (χ0) is 25.1. The fourth-order valence-corrected chi connectivity index (χ4v) is 7.16. The van der Waals surface area contributed by atoms with E-state index < -0.39 is 0 Å². The molecule has 0 bridgehead atoms. The molecule has 3 aromatic rings. The van der Waals surface area contributed by atoms with Crippen LogP contribution in [0.25, 0.3) is 10.9 Å². The number of nitriles is 1. The lowest BCUT2D eigenvalue weighted by Gasteiger charge is -2.49. The number of carbonyl (C=O) groups excluding carboxylic acids is 1. The summed E-state index contributed by atoms with van der Waals surface area (Å²) >= 11 is 0. The van der Waals surface area contributed by atoms with E-state index in [2.05, 4.69) is 63.4 Å². The van der Waals surface area contributed by atoms with E-state index in [-0.39, 0.29) is 11.8 Å². The molecule has 7 rings (SSSR count). The van der Waals surface area contributed by atoms with Crippen molar-refractivity contribution in [3.8, 4) is 6.07 Å². The van der Waals surface area contributed by atoms with Gasteiger partial charge in [-0.25, -0.2) is 0 Å². The first-order valence-corrected chi connectivity index (χ1v) is 13.5. The van der Waals surface area contributed by atoms with Crippen molar-refractivity contribution in [1.29, 1.82) is 5.26 Å². The average Bonchev–Trinajstić information content (AvgIpc) is 3.27. The van der Waals surface area contributed by atoms with Crippen LogP contribution in [0.15, 0.2) is 48.7 Å². The summed E-state index contributed by atoms with van der Waals surface area (Å²) in [6.45, 7) is 7.83. The van der Waals surface area contributed by atoms with E-state index in [0.29, 0.717) is 23.6 Å². The summed E-state index contributed by atoms with van der Waals surface area (Å²) < 4.78 is 0. The Balaban J connectivity index is 1.17. The van der Waals surface area contributed by atoms with E-state index in [1.807, 2.05) is 17.0 Å². The number of piperidine rings is 1. The Kier molecular flexibility index (Phi) is 5.42. The Morgan fingerprint density at radius 3 is 2.89 bits per heavy atom. The molecule has 188 valence electrons. The van der Waals surface area contributed by atoms with Gasteiger partial charge in [0.25, 0.3) is 0 Å². The normalized spacial score (nSPS) is 27.5. The van der Waals surface area contributed by atoms with Crippen LogP contribution in [-0.2, 0) is 17.8 Å². The lowest BCUT2D eigenvalue weighted by atomic mass is 9.89. The minimum Gasteiger partial charge on any atom is -0.368 e. The number of anilines is 2. The predicted octanol–water partition coefficient (Wildman–Crippen LogP) is 3.31. The molecule has 5 heterocycles. The van der Waals surface area contributed by atoms with E-state index >= 15 is 0 Å². The number of aromatic nitrogens is 1. The standard InChI is InChI=1S/C30H32N6O/c1-19-15-34(28-7-5-20(13-31)29-26(28)3-2-9-33-29)18-25-12-23-11-24(6-4-21(23)16-35(19)25)36-17-22-8-10-32-14-27(22)30(36)37/h2-7,9,11,19,22,25,27,32H,8,10,12,14-18H2,1H3/t19-,22?,25+,27?/m1/s1. The topological polar surface area (TPSA) is 75.5 Å². The second-order valence-corrected chi connectivity index (χ2v) is 11.2. The molecule has 0 spiro atoms. The number of amides is 1. The summed E-state index contributed by atoms with van der Waals surface area (Å²) in [6.07, 6.45) is 3.83. The van der Waals surface area contributed by atoms with Gasteiger partial charge in [-0.15, -0.1) is 0 Å². The Morgan fingerprint density at radius 1 is 1.11 bits per heavy atom. The lowest BCUT2D eigenvalue weighted by molar-refractivity contribution is -0.121. The van der Waals surface area contributed by atoms with Crippen molar-refractivity contribution < 1.29 is 4.79 Å². The number of nitrogens with zero attached hydrogens (tertiary/aromatic N) is 5. The highest BCUT2D eigenvalue weighted by atomic mass is 16.2. The van der Waals surface area contributed by atoms with Crippen LogP contribution in [0, 0.1) is 23.2 Å². The Hall–Kier alpha value is -3.47. The Labute approximate surface area is 217 Å². The third-order valence-corrected chi connectivity index (χ3v) is 9.09. The number of hydrogen-bond donors (Lipinski definition) is 1. The van der Waals surface area contributed by atoms with Crippen LogP contribution < -0.4 is 15.1 Å². The van der Waals surface area contributed by atoms with Gasteiger partial charge in [-0.05, 0) is 79.8 Å². The van der Waals surface area contributed by atoms with Crippen molar-refractivity contribution in [2.24, 2.45) is 11.8 Å². The minimum atomic E-state index is 0.129. The molecule has 0 radical (unpaired) electrons. The highest BCUT2D eigenvalue weighted by Gasteiger charge is 2.42. The highest BCUT2D eigenvalue weighted by molar-refractivity contribution is 5.98. The van der Waals surface area contributed by atoms with Crippen molar-refractivity contribution in [3.63, 3.8) is 0 Å². The smallest absolute Gasteiger partial charge is 0.231 e. The number of nitrogens with one attached hydrogen (secondary N) is 1. The highest BCUT2D eigenvalue weighted by Crippen LogP contribution is 2.37. The number of hydrogen-bond acceptors (Lipinski definition) is 6. The quantitative estimate of drug-likeness (QED) is 0.592. The number of fused-ring (bicyclic) bond motifs is 4. The van der Waals surface area contributed by atoms with Crippen LogP contribution in [0.4, 0.5) is 11.4 Å². The van der Waals surface area contributed by atoms with Crippen LogP contribution in [0.3, 0.4) is 0 Å². The second kappa shape index (κ2) is 8.83. The van der Waals surface area contributed by atoms with E-state index in [1.165, 1.54) is 11.1 Å². The summed E-state index contributed by atoms with van der Waals surface area (Å²) in [7, 11) is 0. The summed E-state index contributed by atoms with van der Waals surface area (Å²) in [5, 5.41) is 14.0. The summed E-state index contributed by atoms with van der Waals surface area (Å²) in [5.74, 6) is 0.892. The molecule has 0 saturated carbocycles. The van der Waals surface area contributed by atoms with Gasteiger partial charge >= 0.3 is 0 Å². The minimum absolute atomic E-state index is 0.129. The first-order valence-electron chi connectivity index (χ1n) is 13.5. The van der Waals surface area contributed by atoms with Crippen molar-refractivity contribution in [1.82, 2.24) is 15.2 Å². The first kappa shape index (κ1) is 22.7. The number of rotatable bonds is 2. The first-order chi connectivity index (χ1) is 18.1. The molecule has 37 heavy (non-hydrogen) atoms. The maximum atomic E-state index is 13.2. The van der Waals surface area contributed by atoms with Crippen molar-refractivity contribution in [2.45, 2.75) is 38.4 Å². The van der Waals surface area contributed by atoms with Crippen LogP contribution in [0.5, 0.6) is 0 Å². The average molecular weight is 493 g/mol. The maximum Gasteiger partial charge on any atom is 0.231 e. The molecule has 1 aromatic heterocycles. The fourth-order valence-electron chi connectivity index (χ4n) is 7.16. The molecule has 7 heteroatoms. The molecule has 4 aliphatic heterocycles. The van der Waals surface area contributed by atoms with E-state index in [0.717, 1.165) is 74.4 Å². The van der Waals surface area contributed by atoms with E-state index in [4.69, 9.17) is 0 Å². The molecular formula is C30H32N6O. The molecule has 2 aromatic carbocycles. The molecule has 1 N–H and O–H groups in total. The largest absolute Gasteiger partial charge is 0.368 e. The zero-order valence-corrected chi connectivity index (χ0v) is 21.2. The van der Waals surface area contributed by atoms with Crippen LogP contribution in [0.2, 0.25) is 0 Å². The van der Waals surface area contributed by atoms with Crippen LogP contribution in [0.1, 0.15) is 30.0 Å². The molecule has 4 atom stereocenters. The number of carbonyl (C=O) groups is 1. The third-order valence-electron chi connectivity index (χ3n) is 9.09. The third kappa shape index (κ3) is 3.70. The molecule has 0 aliphatic carbocycles. The molecule has 3 saturated heterocycles. The summed E-state index contributed by atoms with van der Waals surface area (Å²) in [5.41, 5.74) is 6.39. The van der Waals surface area contributed by atoms with Gasteiger partial charge in [0.2, 0.25) is 5.91 Å². The molecule has 1 amide bonds. The monoisotopic (exact) mass is 492 g/mol. The van der Waals surface area contributed by atoms with Crippen LogP contribution >= 0.6 is 0 Å². The van der Waals surface area contributed by atoms with Crippen LogP contribution in [-0.4, -0.2) is 60.6 Å². The molecule has 3 fully saturated rings. The lowest BCUT2D eigenvalue weighted by Crippen LogP contribution is -2.59. The SMILES string of the molecule is C[C@@H]1CN(c2ccc(C#N)c3ncccc23)C[C@@H]2Cc3cc(N4CC5CCNCC5C4=O)ccc3CN21. The molecule has 7 nitrogen and oxygen atoms in total. The fraction of sp³-hybridized carbons (Fsp3) is 0.433. The number of piperazine rings is 1. The van der Waals surface area contributed by atoms with E-state index in [1.54, 1.807) is 6.20 Å². The van der Waals surface area contributed by atoms with E-state index in [9.17, 15) is 10.1 Å². The van der Waals surface area contributed by atoms with Crippen molar-refractivity contribution in [2.75, 3.05) is 42.5 Å². The van der Waals surface area contributed by atoms with Crippen molar-refractivity contribution >= 4 is 28.2 Å². The zero-order valence-electron chi connectivity index (χ0n) is 21.2. The van der Waals surface area contributed by atoms with Crippen molar-refractivity contribution in [3.05, 3.63) is 65.4 Å². The Morgan fingerprint density at radius 2 is 2.03 bits per heavy atom. The number of pyridine rings is 1. The van der Waals surface area contributed by atoms with Gasteiger partial charge in [0, 0.05) is 67.8 Å². The molecule has 4 aliphatic rings. The summed E-state index contributed by atoms with van der Waals surface area (Å²) in [6, 6.07) is 17.8. The molecular weight excluding hydrogens is 460 g/mol. The molecule has 2 unspecified atom stereocenters. The predicted molar refractivity (Wildman–Crippen MR) is 144 cm³/mol. The maximum absolute atomic E-state index is 13.2. The van der Waals surface area contributed by atoms with Gasteiger partial charge in [-0.1, -0.05) is 6.07 Å². The van der Waals surface area contributed by atoms with Gasteiger partial charge in [0.15, 0.2) is 0 Å². The van der Waals surface area contributed by atoms with Gasteiger partial charge in [0.1, 0.15) is 6.07 Å². The van der Waals surface area contributed by atoms with Gasteiger partial charge in [-0.2, -0.15) is 5.26 Å². The van der Waals surface area contributed by atoms with Gasteiger partial charge in [0.05, 0.1) is 17.0 Å². The number of benzene rings is 2. The van der Waals surface area contributed by atoms with Gasteiger partial charge < -0.3 is 15.1 Å². The second-order valence-electron chi connectivity index (χ2n) is 11.2. The van der Waals surface area contributed by atoms with Gasteiger partial charge in [-0.3, -0.25) is 14.7 Å².